The van der Waals surface area contributed by atoms with E-state index in [9.17, 15) is 4.79 Å². The highest BCUT2D eigenvalue weighted by Gasteiger charge is 2.31. The Morgan fingerprint density at radius 3 is 2.68 bits per heavy atom. The van der Waals surface area contributed by atoms with Crippen LogP contribution in [-0.2, 0) is 13.1 Å². The van der Waals surface area contributed by atoms with E-state index >= 15 is 0 Å². The molecular weight excluding hydrogens is 372 g/mol. The molecule has 28 heavy (non-hydrogen) atoms. The second-order valence-electron chi connectivity index (χ2n) is 8.37. The van der Waals surface area contributed by atoms with E-state index in [4.69, 9.17) is 11.6 Å². The molecule has 5 nitrogen and oxygen atoms in total. The number of rotatable bonds is 3. The summed E-state index contributed by atoms with van der Waals surface area (Å²) in [5.74, 6) is 1.09. The number of hydrogen-bond donors (Lipinski definition) is 1. The second-order valence-corrected chi connectivity index (χ2v) is 8.78. The van der Waals surface area contributed by atoms with Gasteiger partial charge in [0.2, 0.25) is 0 Å². The molecule has 4 heterocycles. The molecule has 2 bridgehead atoms. The van der Waals surface area contributed by atoms with Gasteiger partial charge in [-0.25, -0.2) is 0 Å². The predicted octanol–water partition coefficient (Wildman–Crippen LogP) is 2.53. The van der Waals surface area contributed by atoms with Crippen LogP contribution in [0.4, 0.5) is 5.69 Å². The molecule has 0 amide bonds. The Morgan fingerprint density at radius 2 is 1.86 bits per heavy atom. The third-order valence-electron chi connectivity index (χ3n) is 6.55. The van der Waals surface area contributed by atoms with Gasteiger partial charge < -0.3 is 14.8 Å². The number of para-hydroxylation sites is 1. The SMILES string of the molecule is O=c1c(CN2CCN(c3ccccc3Cl)CC2)ccc2n1C[C@@H]1CNC[C@H]2C1. The lowest BCUT2D eigenvalue weighted by Crippen LogP contribution is -2.48. The number of nitrogens with one attached hydrogen (secondary N) is 1. The first kappa shape index (κ1) is 18.2. The zero-order valence-electron chi connectivity index (χ0n) is 16.1. The molecule has 2 atom stereocenters. The Labute approximate surface area is 170 Å². The smallest absolute Gasteiger partial charge is 0.255 e. The molecule has 1 aromatic heterocycles. The van der Waals surface area contributed by atoms with Gasteiger partial charge in [0, 0.05) is 63.0 Å². The molecule has 1 N–H and O–H groups in total. The number of benzene rings is 1. The zero-order chi connectivity index (χ0) is 19.1. The highest BCUT2D eigenvalue weighted by atomic mass is 35.5. The molecule has 0 radical (unpaired) electrons. The summed E-state index contributed by atoms with van der Waals surface area (Å²) in [4.78, 5) is 17.9. The Hall–Kier alpha value is -1.82. The minimum Gasteiger partial charge on any atom is -0.368 e. The average Bonchev–Trinajstić information content (AvgIpc) is 2.72. The number of piperidine rings is 1. The Morgan fingerprint density at radius 1 is 1.04 bits per heavy atom. The van der Waals surface area contributed by atoms with Crippen molar-refractivity contribution >= 4 is 17.3 Å². The van der Waals surface area contributed by atoms with Gasteiger partial charge in [0.25, 0.3) is 5.56 Å². The maximum absolute atomic E-state index is 13.1. The van der Waals surface area contributed by atoms with Crippen molar-refractivity contribution in [1.82, 2.24) is 14.8 Å². The third kappa shape index (κ3) is 3.36. The Bertz CT molecular complexity index is 919. The van der Waals surface area contributed by atoms with Crippen LogP contribution in [0, 0.1) is 5.92 Å². The minimum atomic E-state index is 0.225. The highest BCUT2D eigenvalue weighted by molar-refractivity contribution is 6.33. The monoisotopic (exact) mass is 398 g/mol. The fourth-order valence-electron chi connectivity index (χ4n) is 5.05. The van der Waals surface area contributed by atoms with Gasteiger partial charge in [-0.2, -0.15) is 0 Å². The van der Waals surface area contributed by atoms with Crippen LogP contribution in [0.3, 0.4) is 0 Å². The number of halogens is 1. The molecule has 2 saturated heterocycles. The van der Waals surface area contributed by atoms with E-state index < -0.39 is 0 Å². The van der Waals surface area contributed by atoms with Crippen molar-refractivity contribution in [2.45, 2.75) is 25.4 Å². The van der Waals surface area contributed by atoms with Crippen LogP contribution in [0.5, 0.6) is 0 Å². The number of nitrogens with zero attached hydrogens (tertiary/aromatic N) is 3. The van der Waals surface area contributed by atoms with Crippen LogP contribution < -0.4 is 15.8 Å². The van der Waals surface area contributed by atoms with Crippen LogP contribution in [0.25, 0.3) is 0 Å². The molecule has 3 aliphatic rings. The number of hydrogen-bond acceptors (Lipinski definition) is 4. The topological polar surface area (TPSA) is 40.5 Å². The maximum Gasteiger partial charge on any atom is 0.255 e. The fraction of sp³-hybridized carbons (Fsp3) is 0.500. The lowest BCUT2D eigenvalue weighted by atomic mass is 9.84. The van der Waals surface area contributed by atoms with Crippen molar-refractivity contribution in [2.24, 2.45) is 5.92 Å². The summed E-state index contributed by atoms with van der Waals surface area (Å²) in [6.45, 7) is 7.41. The van der Waals surface area contributed by atoms with Gasteiger partial charge >= 0.3 is 0 Å². The van der Waals surface area contributed by atoms with E-state index in [1.54, 1.807) is 0 Å². The molecule has 0 unspecified atom stereocenters. The van der Waals surface area contributed by atoms with Crippen LogP contribution in [0.1, 0.15) is 23.6 Å². The third-order valence-corrected chi connectivity index (χ3v) is 6.87. The first-order chi connectivity index (χ1) is 13.7. The first-order valence-corrected chi connectivity index (χ1v) is 10.7. The molecule has 0 saturated carbocycles. The molecule has 148 valence electrons. The first-order valence-electron chi connectivity index (χ1n) is 10.3. The van der Waals surface area contributed by atoms with Crippen molar-refractivity contribution < 1.29 is 0 Å². The van der Waals surface area contributed by atoms with E-state index in [0.29, 0.717) is 11.8 Å². The summed E-state index contributed by atoms with van der Waals surface area (Å²) in [6, 6.07) is 12.3. The number of pyridine rings is 1. The zero-order valence-corrected chi connectivity index (χ0v) is 16.9. The molecular formula is C22H27ClN4O. The van der Waals surface area contributed by atoms with Gasteiger partial charge in [0.05, 0.1) is 10.7 Å². The molecule has 2 fully saturated rings. The Kier molecular flexibility index (Phi) is 4.91. The lowest BCUT2D eigenvalue weighted by molar-refractivity contribution is 0.241. The van der Waals surface area contributed by atoms with Gasteiger partial charge in [0.1, 0.15) is 0 Å². The molecule has 6 heteroatoms. The van der Waals surface area contributed by atoms with E-state index in [1.807, 2.05) is 18.2 Å². The molecule has 0 aliphatic carbocycles. The lowest BCUT2D eigenvalue weighted by Gasteiger charge is -2.38. The molecule has 3 aliphatic heterocycles. The predicted molar refractivity (Wildman–Crippen MR) is 113 cm³/mol. The minimum absolute atomic E-state index is 0.225. The van der Waals surface area contributed by atoms with Crippen molar-refractivity contribution in [3.8, 4) is 0 Å². The van der Waals surface area contributed by atoms with Crippen LogP contribution in [0.2, 0.25) is 5.02 Å². The van der Waals surface area contributed by atoms with Gasteiger partial charge in [-0.05, 0) is 37.1 Å². The Balaban J connectivity index is 1.28. The van der Waals surface area contributed by atoms with Crippen LogP contribution >= 0.6 is 11.6 Å². The summed E-state index contributed by atoms with van der Waals surface area (Å²) in [6.07, 6.45) is 1.22. The summed E-state index contributed by atoms with van der Waals surface area (Å²) >= 11 is 6.35. The van der Waals surface area contributed by atoms with Gasteiger partial charge in [-0.15, -0.1) is 0 Å². The average molecular weight is 399 g/mol. The number of aromatic nitrogens is 1. The standard InChI is InChI=1S/C22H27ClN4O/c23-19-3-1-2-4-21(19)26-9-7-25(8-10-26)15-17-5-6-20-18-11-16(12-24-13-18)14-27(20)22(17)28/h1-6,16,18,24H,7-15H2/t16-,18+/m0/s1. The summed E-state index contributed by atoms with van der Waals surface area (Å²) < 4.78 is 2.06. The van der Waals surface area contributed by atoms with E-state index in [2.05, 4.69) is 37.9 Å². The van der Waals surface area contributed by atoms with Gasteiger partial charge in [0.15, 0.2) is 0 Å². The normalized spacial score (nSPS) is 24.8. The highest BCUT2D eigenvalue weighted by Crippen LogP contribution is 2.32. The number of fused-ring (bicyclic) bond motifs is 4. The van der Waals surface area contributed by atoms with E-state index in [-0.39, 0.29) is 5.56 Å². The quantitative estimate of drug-likeness (QED) is 0.862. The summed E-state index contributed by atoms with van der Waals surface area (Å²) in [7, 11) is 0. The van der Waals surface area contributed by atoms with E-state index in [0.717, 1.165) is 68.6 Å². The maximum atomic E-state index is 13.1. The summed E-state index contributed by atoms with van der Waals surface area (Å²) in [5, 5.41) is 4.32. The fourth-order valence-corrected chi connectivity index (χ4v) is 5.31. The van der Waals surface area contributed by atoms with Crippen LogP contribution in [-0.4, -0.2) is 48.7 Å². The molecule has 1 aromatic carbocycles. The van der Waals surface area contributed by atoms with E-state index in [1.165, 1.54) is 12.1 Å². The summed E-state index contributed by atoms with van der Waals surface area (Å²) in [5.41, 5.74) is 3.49. The van der Waals surface area contributed by atoms with Crippen molar-refractivity contribution in [3.05, 3.63) is 63.0 Å². The molecule has 5 rings (SSSR count). The van der Waals surface area contributed by atoms with Gasteiger partial charge in [-0.3, -0.25) is 9.69 Å². The molecule has 0 spiro atoms. The van der Waals surface area contributed by atoms with Crippen molar-refractivity contribution in [2.75, 3.05) is 44.2 Å². The second kappa shape index (κ2) is 7.54. The van der Waals surface area contributed by atoms with Crippen molar-refractivity contribution in [3.63, 3.8) is 0 Å². The van der Waals surface area contributed by atoms with Crippen LogP contribution in [0.15, 0.2) is 41.2 Å². The van der Waals surface area contributed by atoms with Gasteiger partial charge in [-0.1, -0.05) is 29.8 Å². The number of anilines is 1. The van der Waals surface area contributed by atoms with Crippen molar-refractivity contribution in [1.29, 1.82) is 0 Å². The largest absolute Gasteiger partial charge is 0.368 e. The number of piperazine rings is 1. The molecule has 2 aromatic rings.